The van der Waals surface area contributed by atoms with Crippen molar-refractivity contribution in [3.8, 4) is 5.75 Å². The molecule has 1 heterocycles. The molecule has 0 bridgehead atoms. The van der Waals surface area contributed by atoms with Crippen LogP contribution in [0.4, 0.5) is 11.4 Å². The van der Waals surface area contributed by atoms with Gasteiger partial charge in [0.05, 0.1) is 25.9 Å². The molecule has 8 heteroatoms. The second-order valence-electron chi connectivity index (χ2n) is 5.06. The van der Waals surface area contributed by atoms with Gasteiger partial charge in [0.2, 0.25) is 17.7 Å². The number of amides is 3. The third-order valence-electron chi connectivity index (χ3n) is 3.46. The SMILES string of the molecule is COc1ccc(NC(=O)CNC(=O)CN)cc1N1CCCC1=O. The van der Waals surface area contributed by atoms with Crippen molar-refractivity contribution in [2.24, 2.45) is 5.73 Å². The molecule has 1 aromatic carbocycles. The quantitative estimate of drug-likeness (QED) is 0.674. The smallest absolute Gasteiger partial charge is 0.243 e. The molecule has 124 valence electrons. The van der Waals surface area contributed by atoms with E-state index in [2.05, 4.69) is 10.6 Å². The van der Waals surface area contributed by atoms with E-state index >= 15 is 0 Å². The average Bonchev–Trinajstić information content (AvgIpc) is 2.98. The largest absolute Gasteiger partial charge is 0.495 e. The Morgan fingerprint density at radius 1 is 1.35 bits per heavy atom. The van der Waals surface area contributed by atoms with Gasteiger partial charge in [-0.15, -0.1) is 0 Å². The lowest BCUT2D eigenvalue weighted by molar-refractivity contribution is -0.123. The van der Waals surface area contributed by atoms with Crippen molar-refractivity contribution in [3.05, 3.63) is 18.2 Å². The van der Waals surface area contributed by atoms with Crippen LogP contribution in [0, 0.1) is 0 Å². The Morgan fingerprint density at radius 3 is 2.74 bits per heavy atom. The van der Waals surface area contributed by atoms with Crippen LogP contribution in [-0.4, -0.2) is 44.5 Å². The van der Waals surface area contributed by atoms with Gasteiger partial charge in [-0.2, -0.15) is 0 Å². The van der Waals surface area contributed by atoms with Gasteiger partial charge in [0.25, 0.3) is 0 Å². The van der Waals surface area contributed by atoms with Gasteiger partial charge < -0.3 is 26.0 Å². The molecule has 3 amide bonds. The summed E-state index contributed by atoms with van der Waals surface area (Å²) in [5, 5.41) is 5.05. The number of carbonyl (C=O) groups is 3. The fourth-order valence-corrected chi connectivity index (χ4v) is 2.34. The predicted molar refractivity (Wildman–Crippen MR) is 85.3 cm³/mol. The summed E-state index contributed by atoms with van der Waals surface area (Å²) in [5.74, 6) is -0.189. The number of benzene rings is 1. The molecule has 1 fully saturated rings. The average molecular weight is 320 g/mol. The van der Waals surface area contributed by atoms with Gasteiger partial charge in [-0.05, 0) is 24.6 Å². The lowest BCUT2D eigenvalue weighted by atomic mass is 10.2. The Hall–Kier alpha value is -2.61. The summed E-state index contributed by atoms with van der Waals surface area (Å²) in [6.45, 7) is 0.288. The van der Waals surface area contributed by atoms with E-state index in [4.69, 9.17) is 10.5 Å². The Kier molecular flexibility index (Phi) is 5.53. The first-order valence-corrected chi connectivity index (χ1v) is 7.30. The van der Waals surface area contributed by atoms with Crippen LogP contribution in [-0.2, 0) is 14.4 Å². The monoisotopic (exact) mass is 320 g/mol. The van der Waals surface area contributed by atoms with Gasteiger partial charge in [-0.1, -0.05) is 0 Å². The molecule has 23 heavy (non-hydrogen) atoms. The molecule has 4 N–H and O–H groups in total. The number of ether oxygens (including phenoxy) is 1. The second kappa shape index (κ2) is 7.59. The summed E-state index contributed by atoms with van der Waals surface area (Å²) in [6, 6.07) is 5.05. The zero-order valence-corrected chi connectivity index (χ0v) is 12.9. The Labute approximate surface area is 134 Å². The first-order chi connectivity index (χ1) is 11.0. The van der Waals surface area contributed by atoms with Crippen LogP contribution in [0.15, 0.2) is 18.2 Å². The van der Waals surface area contributed by atoms with Gasteiger partial charge >= 0.3 is 0 Å². The number of nitrogens with zero attached hydrogens (tertiary/aromatic N) is 1. The van der Waals surface area contributed by atoms with Crippen LogP contribution in [0.3, 0.4) is 0 Å². The van der Waals surface area contributed by atoms with E-state index in [9.17, 15) is 14.4 Å². The third kappa shape index (κ3) is 4.19. The molecule has 0 atom stereocenters. The first-order valence-electron chi connectivity index (χ1n) is 7.30. The number of anilines is 2. The lowest BCUT2D eigenvalue weighted by Gasteiger charge is -2.20. The molecule has 0 aromatic heterocycles. The lowest BCUT2D eigenvalue weighted by Crippen LogP contribution is -2.36. The number of hydrogen-bond acceptors (Lipinski definition) is 5. The maximum absolute atomic E-state index is 11.9. The van der Waals surface area contributed by atoms with Crippen molar-refractivity contribution in [1.82, 2.24) is 5.32 Å². The maximum Gasteiger partial charge on any atom is 0.243 e. The number of hydrogen-bond donors (Lipinski definition) is 3. The summed E-state index contributed by atoms with van der Waals surface area (Å²) in [5.41, 5.74) is 6.30. The minimum Gasteiger partial charge on any atom is -0.495 e. The fourth-order valence-electron chi connectivity index (χ4n) is 2.34. The van der Waals surface area contributed by atoms with Gasteiger partial charge in [0.15, 0.2) is 0 Å². The third-order valence-corrected chi connectivity index (χ3v) is 3.46. The summed E-state index contributed by atoms with van der Waals surface area (Å²) in [6.07, 6.45) is 1.30. The standard InChI is InChI=1S/C15H20N4O4/c1-23-12-5-4-10(18-14(21)9-17-13(20)8-16)7-11(12)19-6-2-3-15(19)22/h4-5,7H,2-3,6,8-9,16H2,1H3,(H,17,20)(H,18,21). The highest BCUT2D eigenvalue weighted by molar-refractivity contribution is 5.99. The number of methoxy groups -OCH3 is 1. The van der Waals surface area contributed by atoms with E-state index in [1.807, 2.05) is 0 Å². The molecule has 1 aromatic rings. The fraction of sp³-hybridized carbons (Fsp3) is 0.400. The van der Waals surface area contributed by atoms with E-state index in [1.165, 1.54) is 7.11 Å². The van der Waals surface area contributed by atoms with Crippen LogP contribution in [0.2, 0.25) is 0 Å². The number of rotatable bonds is 6. The maximum atomic E-state index is 11.9. The summed E-state index contributed by atoms with van der Waals surface area (Å²) < 4.78 is 5.28. The molecule has 0 aliphatic carbocycles. The summed E-state index contributed by atoms with van der Waals surface area (Å²) >= 11 is 0. The molecule has 1 aliphatic rings. The minimum atomic E-state index is -0.404. The minimum absolute atomic E-state index is 0.0296. The van der Waals surface area contributed by atoms with Crippen molar-refractivity contribution in [1.29, 1.82) is 0 Å². The Bertz CT molecular complexity index is 617. The van der Waals surface area contributed by atoms with E-state index in [0.29, 0.717) is 30.1 Å². The van der Waals surface area contributed by atoms with Crippen molar-refractivity contribution in [2.45, 2.75) is 12.8 Å². The van der Waals surface area contributed by atoms with Gasteiger partial charge in [-0.3, -0.25) is 14.4 Å². The molecule has 0 spiro atoms. The molecule has 1 saturated heterocycles. The summed E-state index contributed by atoms with van der Waals surface area (Å²) in [4.78, 5) is 36.4. The second-order valence-corrected chi connectivity index (χ2v) is 5.06. The first kappa shape index (κ1) is 16.8. The van der Waals surface area contributed by atoms with Crippen LogP contribution in [0.1, 0.15) is 12.8 Å². The van der Waals surface area contributed by atoms with Crippen molar-refractivity contribution in [3.63, 3.8) is 0 Å². The van der Waals surface area contributed by atoms with Crippen LogP contribution in [0.25, 0.3) is 0 Å². The number of carbonyl (C=O) groups excluding carboxylic acids is 3. The molecular weight excluding hydrogens is 300 g/mol. The van der Waals surface area contributed by atoms with Gasteiger partial charge in [0.1, 0.15) is 5.75 Å². The van der Waals surface area contributed by atoms with Crippen molar-refractivity contribution in [2.75, 3.05) is 37.0 Å². The zero-order valence-electron chi connectivity index (χ0n) is 12.9. The van der Waals surface area contributed by atoms with E-state index < -0.39 is 5.91 Å². The summed E-state index contributed by atoms with van der Waals surface area (Å²) in [7, 11) is 1.53. The topological polar surface area (TPSA) is 114 Å². The molecule has 0 unspecified atom stereocenters. The van der Waals surface area contributed by atoms with E-state index in [0.717, 1.165) is 6.42 Å². The highest BCUT2D eigenvalue weighted by atomic mass is 16.5. The number of nitrogens with one attached hydrogen (secondary N) is 2. The molecule has 0 saturated carbocycles. The Balaban J connectivity index is 2.09. The Morgan fingerprint density at radius 2 is 2.13 bits per heavy atom. The highest BCUT2D eigenvalue weighted by Crippen LogP contribution is 2.33. The molecule has 2 rings (SSSR count). The zero-order chi connectivity index (χ0) is 16.8. The van der Waals surface area contributed by atoms with Crippen molar-refractivity contribution < 1.29 is 19.1 Å². The normalized spacial score (nSPS) is 13.8. The van der Waals surface area contributed by atoms with Crippen molar-refractivity contribution >= 4 is 29.1 Å². The molecule has 8 nitrogen and oxygen atoms in total. The van der Waals surface area contributed by atoms with Crippen LogP contribution < -0.4 is 26.0 Å². The molecular formula is C15H20N4O4. The van der Waals surface area contributed by atoms with Gasteiger partial charge in [-0.25, -0.2) is 0 Å². The molecule has 1 aliphatic heterocycles. The van der Waals surface area contributed by atoms with Gasteiger partial charge in [0, 0.05) is 18.7 Å². The van der Waals surface area contributed by atoms with Crippen LogP contribution in [0.5, 0.6) is 5.75 Å². The van der Waals surface area contributed by atoms with E-state index in [-0.39, 0.29) is 24.9 Å². The van der Waals surface area contributed by atoms with E-state index in [1.54, 1.807) is 23.1 Å². The number of nitrogens with two attached hydrogens (primary N) is 1. The highest BCUT2D eigenvalue weighted by Gasteiger charge is 2.24. The van der Waals surface area contributed by atoms with Crippen LogP contribution >= 0.6 is 0 Å². The molecule has 0 radical (unpaired) electrons. The predicted octanol–water partition coefficient (Wildman–Crippen LogP) is -0.165.